The molecule has 1 aliphatic heterocycles. The Hall–Kier alpha value is -4.00. The van der Waals surface area contributed by atoms with E-state index >= 15 is 0 Å². The lowest BCUT2D eigenvalue weighted by atomic mass is 10.1. The Balaban J connectivity index is 1.55. The summed E-state index contributed by atoms with van der Waals surface area (Å²) in [5, 5.41) is 0. The van der Waals surface area contributed by atoms with Gasteiger partial charge in [-0.1, -0.05) is 12.1 Å². The van der Waals surface area contributed by atoms with Crippen LogP contribution < -0.4 is 23.7 Å². The topological polar surface area (TPSA) is 63.2 Å². The summed E-state index contributed by atoms with van der Waals surface area (Å²) in [6.45, 7) is 0.265. The van der Waals surface area contributed by atoms with Crippen molar-refractivity contribution < 1.29 is 32.9 Å². The van der Waals surface area contributed by atoms with Gasteiger partial charge < -0.3 is 23.7 Å². The summed E-state index contributed by atoms with van der Waals surface area (Å²) in [6, 6.07) is 14.5. The van der Waals surface area contributed by atoms with E-state index in [4.69, 9.17) is 23.7 Å². The predicted octanol–water partition coefficient (Wildman–Crippen LogP) is 5.05. The number of Topliss-reactive ketones (excluding diaryl/α,β-unsaturated/α-hetero) is 1. The number of halogens is 1. The number of allylic oxidation sites excluding steroid dienone is 1. The molecule has 1 heterocycles. The van der Waals surface area contributed by atoms with Crippen molar-refractivity contribution >= 4 is 11.9 Å². The maximum Gasteiger partial charge on any atom is 0.231 e. The van der Waals surface area contributed by atoms with Crippen LogP contribution in [0, 0.1) is 5.82 Å². The summed E-state index contributed by atoms with van der Waals surface area (Å²) in [4.78, 5) is 12.8. The van der Waals surface area contributed by atoms with Crippen LogP contribution in [0.3, 0.4) is 0 Å². The fourth-order valence-corrected chi connectivity index (χ4v) is 3.34. The highest BCUT2D eigenvalue weighted by Crippen LogP contribution is 2.40. The molecule has 0 amide bonds. The zero-order chi connectivity index (χ0) is 22.7. The number of benzene rings is 3. The minimum Gasteiger partial charge on any atom is -0.493 e. The molecule has 0 N–H and O–H groups in total. The normalized spacial score (nSPS) is 13.5. The van der Waals surface area contributed by atoms with E-state index in [1.165, 1.54) is 33.5 Å². The maximum atomic E-state index is 13.0. The Kier molecular flexibility index (Phi) is 5.98. The summed E-state index contributed by atoms with van der Waals surface area (Å²) < 4.78 is 40.6. The Morgan fingerprint density at radius 3 is 2.22 bits per heavy atom. The van der Waals surface area contributed by atoms with Crippen LogP contribution in [0.15, 0.2) is 60.4 Å². The summed E-state index contributed by atoms with van der Waals surface area (Å²) in [5.74, 6) is 1.98. The number of carbonyl (C=O) groups excluding carboxylic acids is 1. The first kappa shape index (κ1) is 21.2. The van der Waals surface area contributed by atoms with Crippen molar-refractivity contribution in [1.82, 2.24) is 0 Å². The van der Waals surface area contributed by atoms with Gasteiger partial charge in [0.25, 0.3) is 0 Å². The molecule has 0 aliphatic carbocycles. The first-order valence-corrected chi connectivity index (χ1v) is 9.78. The standard InChI is InChI=1S/C25H21FO6/c1-28-22-11-16(12-23(29-2)25(22)30-3)10-21-24(27)19-9-8-18(13-20(19)32-21)31-14-15-4-6-17(26)7-5-15/h4-13H,14H2,1-3H3. The second kappa shape index (κ2) is 9.01. The maximum absolute atomic E-state index is 13.0. The Labute approximate surface area is 184 Å². The van der Waals surface area contributed by atoms with Crippen LogP contribution in [-0.4, -0.2) is 27.1 Å². The molecular weight excluding hydrogens is 415 g/mol. The van der Waals surface area contributed by atoms with E-state index < -0.39 is 0 Å². The number of ether oxygens (including phenoxy) is 5. The molecular formula is C25H21FO6. The van der Waals surface area contributed by atoms with Crippen LogP contribution in [0.1, 0.15) is 21.5 Å². The second-order valence-corrected chi connectivity index (χ2v) is 6.97. The van der Waals surface area contributed by atoms with Gasteiger partial charge in [-0.15, -0.1) is 0 Å². The molecule has 0 unspecified atom stereocenters. The fraction of sp³-hybridized carbons (Fsp3) is 0.160. The van der Waals surface area contributed by atoms with Gasteiger partial charge in [0, 0.05) is 6.07 Å². The van der Waals surface area contributed by atoms with Gasteiger partial charge >= 0.3 is 0 Å². The third-order valence-electron chi connectivity index (χ3n) is 4.94. The van der Waals surface area contributed by atoms with E-state index in [1.54, 1.807) is 48.5 Å². The highest BCUT2D eigenvalue weighted by molar-refractivity contribution is 6.14. The van der Waals surface area contributed by atoms with Gasteiger partial charge in [-0.05, 0) is 53.6 Å². The highest BCUT2D eigenvalue weighted by atomic mass is 19.1. The largest absolute Gasteiger partial charge is 0.493 e. The Morgan fingerprint density at radius 2 is 1.59 bits per heavy atom. The molecule has 0 atom stereocenters. The molecule has 7 heteroatoms. The molecule has 0 aromatic heterocycles. The van der Waals surface area contributed by atoms with Crippen molar-refractivity contribution in [2.45, 2.75) is 6.61 Å². The van der Waals surface area contributed by atoms with Gasteiger partial charge in [-0.2, -0.15) is 0 Å². The van der Waals surface area contributed by atoms with Gasteiger partial charge in [0.15, 0.2) is 17.3 Å². The average molecular weight is 436 g/mol. The summed E-state index contributed by atoms with van der Waals surface area (Å²) in [5.41, 5.74) is 1.92. The third kappa shape index (κ3) is 4.23. The van der Waals surface area contributed by atoms with Crippen LogP contribution in [0.2, 0.25) is 0 Å². The van der Waals surface area contributed by atoms with E-state index in [9.17, 15) is 9.18 Å². The molecule has 0 saturated carbocycles. The lowest BCUT2D eigenvalue weighted by Crippen LogP contribution is -1.99. The van der Waals surface area contributed by atoms with Crippen molar-refractivity contribution in [2.75, 3.05) is 21.3 Å². The zero-order valence-electron chi connectivity index (χ0n) is 17.8. The monoisotopic (exact) mass is 436 g/mol. The summed E-state index contributed by atoms with van der Waals surface area (Å²) in [6.07, 6.45) is 1.62. The van der Waals surface area contributed by atoms with Crippen molar-refractivity contribution in [3.8, 4) is 28.7 Å². The zero-order valence-corrected chi connectivity index (χ0v) is 17.8. The lowest BCUT2D eigenvalue weighted by molar-refractivity contribution is 0.101. The second-order valence-electron chi connectivity index (χ2n) is 6.97. The number of ketones is 1. The van der Waals surface area contributed by atoms with Gasteiger partial charge in [-0.25, -0.2) is 4.39 Å². The number of hydrogen-bond donors (Lipinski definition) is 0. The highest BCUT2D eigenvalue weighted by Gasteiger charge is 2.28. The number of carbonyl (C=O) groups is 1. The van der Waals surface area contributed by atoms with Gasteiger partial charge in [-0.3, -0.25) is 4.79 Å². The Bertz CT molecular complexity index is 1160. The average Bonchev–Trinajstić information content (AvgIpc) is 3.12. The molecule has 32 heavy (non-hydrogen) atoms. The minimum absolute atomic E-state index is 0.171. The molecule has 0 radical (unpaired) electrons. The predicted molar refractivity (Wildman–Crippen MR) is 116 cm³/mol. The van der Waals surface area contributed by atoms with Gasteiger partial charge in [0.2, 0.25) is 11.5 Å². The van der Waals surface area contributed by atoms with Crippen molar-refractivity contribution in [2.24, 2.45) is 0 Å². The van der Waals surface area contributed by atoms with Crippen molar-refractivity contribution in [3.05, 3.63) is 82.9 Å². The molecule has 6 nitrogen and oxygen atoms in total. The molecule has 0 saturated heterocycles. The van der Waals surface area contributed by atoms with E-state index in [-0.39, 0.29) is 24.0 Å². The third-order valence-corrected chi connectivity index (χ3v) is 4.94. The number of hydrogen-bond acceptors (Lipinski definition) is 6. The van der Waals surface area contributed by atoms with Crippen LogP contribution in [0.4, 0.5) is 4.39 Å². The van der Waals surface area contributed by atoms with E-state index in [1.807, 2.05) is 0 Å². The smallest absolute Gasteiger partial charge is 0.231 e. The Morgan fingerprint density at radius 1 is 0.906 bits per heavy atom. The minimum atomic E-state index is -0.301. The summed E-state index contributed by atoms with van der Waals surface area (Å²) >= 11 is 0. The quantitative estimate of drug-likeness (QED) is 0.483. The van der Waals surface area contributed by atoms with Gasteiger partial charge in [0.05, 0.1) is 26.9 Å². The van der Waals surface area contributed by atoms with Gasteiger partial charge in [0.1, 0.15) is 23.9 Å². The number of fused-ring (bicyclic) bond motifs is 1. The molecule has 0 bridgehead atoms. The first-order chi connectivity index (χ1) is 15.5. The molecule has 164 valence electrons. The molecule has 3 aromatic rings. The molecule has 3 aromatic carbocycles. The van der Waals surface area contributed by atoms with Crippen LogP contribution in [-0.2, 0) is 6.61 Å². The van der Waals surface area contributed by atoms with Crippen molar-refractivity contribution in [3.63, 3.8) is 0 Å². The van der Waals surface area contributed by atoms with Crippen LogP contribution in [0.25, 0.3) is 6.08 Å². The van der Waals surface area contributed by atoms with Crippen LogP contribution >= 0.6 is 0 Å². The number of methoxy groups -OCH3 is 3. The van der Waals surface area contributed by atoms with E-state index in [2.05, 4.69) is 0 Å². The molecule has 4 rings (SSSR count). The fourth-order valence-electron chi connectivity index (χ4n) is 3.34. The van der Waals surface area contributed by atoms with Crippen molar-refractivity contribution in [1.29, 1.82) is 0 Å². The number of rotatable bonds is 7. The van der Waals surface area contributed by atoms with E-state index in [0.29, 0.717) is 39.9 Å². The summed E-state index contributed by atoms with van der Waals surface area (Å²) in [7, 11) is 4.57. The first-order valence-electron chi connectivity index (χ1n) is 9.78. The van der Waals surface area contributed by atoms with Crippen LogP contribution in [0.5, 0.6) is 28.7 Å². The molecule has 0 fully saturated rings. The lowest BCUT2D eigenvalue weighted by Gasteiger charge is -2.13. The van der Waals surface area contributed by atoms with E-state index in [0.717, 1.165) is 5.56 Å². The molecule has 1 aliphatic rings. The molecule has 0 spiro atoms. The SMILES string of the molecule is COc1cc(C=C2Oc3cc(OCc4ccc(F)cc4)ccc3C2=O)cc(OC)c1OC.